The smallest absolute Gasteiger partial charge is 0.307 e. The first-order chi connectivity index (χ1) is 11.7. The molecule has 1 N–H and O–H groups in total. The molecule has 0 fully saturated rings. The number of nitrogens with one attached hydrogen (secondary N) is 1. The molecular weight excluding hydrogens is 320 g/mol. The van der Waals surface area contributed by atoms with Gasteiger partial charge in [-0.2, -0.15) is 12.6 Å². The Kier molecular flexibility index (Phi) is 5.20. The average molecular weight is 340 g/mol. The number of aromatic nitrogens is 2. The molecule has 1 unspecified atom stereocenters. The number of aromatic amines is 1. The molecule has 0 aliphatic carbocycles. The van der Waals surface area contributed by atoms with E-state index in [1.807, 2.05) is 24.3 Å². The second-order valence-electron chi connectivity index (χ2n) is 5.66. The molecule has 1 atom stereocenters. The molecule has 124 valence electrons. The van der Waals surface area contributed by atoms with Crippen LogP contribution in [-0.2, 0) is 16.0 Å². The highest BCUT2D eigenvalue weighted by Gasteiger charge is 2.16. The maximum absolute atomic E-state index is 11.6. The third kappa shape index (κ3) is 3.97. The number of thiol groups is 1. The zero-order chi connectivity index (χ0) is 16.9. The summed E-state index contributed by atoms with van der Waals surface area (Å²) in [6.45, 7) is 2.17. The molecule has 3 aromatic rings. The number of rotatable bonds is 6. The number of H-pyrrole nitrogens is 1. The number of fused-ring (bicyclic) bond motifs is 1. The standard InChI is InChI=1S/C19H20N2O2S/c1-2-23-18(22)12-17(24)19-20-15-9-8-14(11-16(15)21-19)10-13-6-4-3-5-7-13/h3-9,11,17,24H,2,10,12H2,1H3,(H,20,21). The molecule has 0 aliphatic rings. The predicted octanol–water partition coefficient (Wildman–Crippen LogP) is 4.08. The van der Waals surface area contributed by atoms with Gasteiger partial charge in [-0.05, 0) is 36.6 Å². The Hall–Kier alpha value is -2.27. The monoisotopic (exact) mass is 340 g/mol. The molecule has 0 saturated carbocycles. The summed E-state index contributed by atoms with van der Waals surface area (Å²) in [7, 11) is 0. The van der Waals surface area contributed by atoms with Gasteiger partial charge in [0.1, 0.15) is 5.82 Å². The molecule has 0 aliphatic heterocycles. The molecule has 0 spiro atoms. The summed E-state index contributed by atoms with van der Waals surface area (Å²) < 4.78 is 4.96. The van der Waals surface area contributed by atoms with Crippen molar-refractivity contribution in [1.82, 2.24) is 9.97 Å². The fraction of sp³-hybridized carbons (Fsp3) is 0.263. The maximum atomic E-state index is 11.6. The fourth-order valence-electron chi connectivity index (χ4n) is 2.64. The SMILES string of the molecule is CCOC(=O)CC(S)c1nc2cc(Cc3ccccc3)ccc2[nH]1. The average Bonchev–Trinajstić information content (AvgIpc) is 2.99. The molecule has 1 aromatic heterocycles. The van der Waals surface area contributed by atoms with Gasteiger partial charge in [0, 0.05) is 0 Å². The van der Waals surface area contributed by atoms with Crippen molar-refractivity contribution in [3.8, 4) is 0 Å². The Morgan fingerprint density at radius 3 is 2.75 bits per heavy atom. The molecule has 0 bridgehead atoms. The molecule has 5 heteroatoms. The number of imidazole rings is 1. The van der Waals surface area contributed by atoms with Crippen LogP contribution in [0.3, 0.4) is 0 Å². The van der Waals surface area contributed by atoms with Crippen LogP contribution < -0.4 is 0 Å². The number of esters is 1. The summed E-state index contributed by atoms with van der Waals surface area (Å²) in [6.07, 6.45) is 1.07. The predicted molar refractivity (Wildman–Crippen MR) is 98.3 cm³/mol. The van der Waals surface area contributed by atoms with Crippen molar-refractivity contribution in [3.05, 3.63) is 65.5 Å². The van der Waals surface area contributed by atoms with Crippen LogP contribution >= 0.6 is 12.6 Å². The number of carbonyl (C=O) groups excluding carboxylic acids is 1. The normalized spacial score (nSPS) is 12.2. The van der Waals surface area contributed by atoms with Crippen LogP contribution in [0.2, 0.25) is 0 Å². The Morgan fingerprint density at radius 2 is 2.00 bits per heavy atom. The van der Waals surface area contributed by atoms with Crippen LogP contribution in [0.4, 0.5) is 0 Å². The van der Waals surface area contributed by atoms with E-state index in [-0.39, 0.29) is 17.6 Å². The minimum Gasteiger partial charge on any atom is -0.466 e. The van der Waals surface area contributed by atoms with Gasteiger partial charge in [0.15, 0.2) is 0 Å². The topological polar surface area (TPSA) is 55.0 Å². The second kappa shape index (κ2) is 7.53. The largest absolute Gasteiger partial charge is 0.466 e. The molecule has 2 aromatic carbocycles. The van der Waals surface area contributed by atoms with Gasteiger partial charge in [0.05, 0.1) is 29.3 Å². The molecule has 3 rings (SSSR count). The summed E-state index contributed by atoms with van der Waals surface area (Å²) in [4.78, 5) is 19.4. The van der Waals surface area contributed by atoms with E-state index in [9.17, 15) is 4.79 Å². The van der Waals surface area contributed by atoms with E-state index in [2.05, 4.69) is 46.9 Å². The van der Waals surface area contributed by atoms with Gasteiger partial charge in [-0.15, -0.1) is 0 Å². The highest BCUT2D eigenvalue weighted by atomic mass is 32.1. The van der Waals surface area contributed by atoms with Gasteiger partial charge in [0.25, 0.3) is 0 Å². The molecule has 0 radical (unpaired) electrons. The number of benzene rings is 2. The Labute approximate surface area is 146 Å². The molecular formula is C19H20N2O2S. The second-order valence-corrected chi connectivity index (χ2v) is 6.28. The van der Waals surface area contributed by atoms with E-state index in [1.54, 1.807) is 6.92 Å². The first-order valence-electron chi connectivity index (χ1n) is 8.02. The quantitative estimate of drug-likeness (QED) is 0.525. The third-order valence-electron chi connectivity index (χ3n) is 3.80. The van der Waals surface area contributed by atoms with Crippen LogP contribution in [-0.4, -0.2) is 22.5 Å². The van der Waals surface area contributed by atoms with E-state index < -0.39 is 0 Å². The minimum atomic E-state index is -0.297. The van der Waals surface area contributed by atoms with Gasteiger partial charge in [-0.1, -0.05) is 36.4 Å². The summed E-state index contributed by atoms with van der Waals surface area (Å²) in [5, 5.41) is -0.297. The van der Waals surface area contributed by atoms with Gasteiger partial charge in [-0.25, -0.2) is 4.98 Å². The lowest BCUT2D eigenvalue weighted by atomic mass is 10.0. The van der Waals surface area contributed by atoms with Gasteiger partial charge < -0.3 is 9.72 Å². The lowest BCUT2D eigenvalue weighted by Crippen LogP contribution is -2.08. The van der Waals surface area contributed by atoms with Crippen LogP contribution in [0.1, 0.15) is 35.5 Å². The van der Waals surface area contributed by atoms with Crippen molar-refractivity contribution in [1.29, 1.82) is 0 Å². The number of hydrogen-bond acceptors (Lipinski definition) is 4. The van der Waals surface area contributed by atoms with Crippen LogP contribution in [0.15, 0.2) is 48.5 Å². The molecule has 4 nitrogen and oxygen atoms in total. The molecule has 0 amide bonds. The highest BCUT2D eigenvalue weighted by Crippen LogP contribution is 2.25. The highest BCUT2D eigenvalue weighted by molar-refractivity contribution is 7.80. The summed E-state index contributed by atoms with van der Waals surface area (Å²) in [5.41, 5.74) is 4.31. The lowest BCUT2D eigenvalue weighted by Gasteiger charge is -2.06. The van der Waals surface area contributed by atoms with Gasteiger partial charge in [0.2, 0.25) is 0 Å². The van der Waals surface area contributed by atoms with Gasteiger partial charge >= 0.3 is 5.97 Å². The number of ether oxygens (including phenoxy) is 1. The van der Waals surface area contributed by atoms with Crippen molar-refractivity contribution in [2.45, 2.75) is 25.0 Å². The maximum Gasteiger partial charge on any atom is 0.307 e. The van der Waals surface area contributed by atoms with Crippen molar-refractivity contribution in [2.24, 2.45) is 0 Å². The Bertz CT molecular complexity index is 830. The van der Waals surface area contributed by atoms with Gasteiger partial charge in [-0.3, -0.25) is 4.79 Å². The van der Waals surface area contributed by atoms with Crippen molar-refractivity contribution in [2.75, 3.05) is 6.61 Å². The number of carbonyl (C=O) groups is 1. The van der Waals surface area contributed by atoms with E-state index in [0.29, 0.717) is 12.4 Å². The third-order valence-corrected chi connectivity index (χ3v) is 4.22. The van der Waals surface area contributed by atoms with Crippen molar-refractivity contribution >= 4 is 29.6 Å². The Balaban J connectivity index is 1.77. The molecule has 24 heavy (non-hydrogen) atoms. The van der Waals surface area contributed by atoms with Crippen LogP contribution in [0, 0.1) is 0 Å². The first kappa shape index (κ1) is 16.6. The summed E-state index contributed by atoms with van der Waals surface area (Å²) in [5.74, 6) is 0.431. The fourth-order valence-corrected chi connectivity index (χ4v) is 2.92. The molecule has 1 heterocycles. The summed E-state index contributed by atoms with van der Waals surface area (Å²) in [6, 6.07) is 16.5. The zero-order valence-corrected chi connectivity index (χ0v) is 14.4. The number of hydrogen-bond donors (Lipinski definition) is 2. The first-order valence-corrected chi connectivity index (χ1v) is 8.53. The van der Waals surface area contributed by atoms with E-state index in [0.717, 1.165) is 17.5 Å². The van der Waals surface area contributed by atoms with Crippen LogP contribution in [0.25, 0.3) is 11.0 Å². The van der Waals surface area contributed by atoms with Crippen LogP contribution in [0.5, 0.6) is 0 Å². The number of nitrogens with zero attached hydrogens (tertiary/aromatic N) is 1. The summed E-state index contributed by atoms with van der Waals surface area (Å²) >= 11 is 4.47. The minimum absolute atomic E-state index is 0.202. The van der Waals surface area contributed by atoms with E-state index >= 15 is 0 Å². The lowest BCUT2D eigenvalue weighted by molar-refractivity contribution is -0.143. The Morgan fingerprint density at radius 1 is 1.21 bits per heavy atom. The zero-order valence-electron chi connectivity index (χ0n) is 13.5. The van der Waals surface area contributed by atoms with Crippen molar-refractivity contribution < 1.29 is 9.53 Å². The van der Waals surface area contributed by atoms with E-state index in [4.69, 9.17) is 4.74 Å². The molecule has 0 saturated heterocycles. The van der Waals surface area contributed by atoms with Crippen molar-refractivity contribution in [3.63, 3.8) is 0 Å². The van der Waals surface area contributed by atoms with E-state index in [1.165, 1.54) is 11.1 Å².